The number of benzene rings is 2. The number of carbonyl (C=O) groups is 1. The zero-order valence-electron chi connectivity index (χ0n) is 13.0. The number of para-hydroxylation sites is 1. The fourth-order valence-corrected chi connectivity index (χ4v) is 3.32. The van der Waals surface area contributed by atoms with Crippen LogP contribution >= 0.6 is 23.4 Å². The lowest BCUT2D eigenvalue weighted by Gasteiger charge is -2.04. The number of hydrogen-bond acceptors (Lipinski definition) is 3. The Hall–Kier alpha value is -1.45. The number of halogens is 1. The summed E-state index contributed by atoms with van der Waals surface area (Å²) in [6.45, 7) is 0. The zero-order valence-corrected chi connectivity index (χ0v) is 14.6. The Bertz CT molecular complexity index is 626. The van der Waals surface area contributed by atoms with Gasteiger partial charge in [0.25, 0.3) is 0 Å². The van der Waals surface area contributed by atoms with Gasteiger partial charge in [0, 0.05) is 28.3 Å². The summed E-state index contributed by atoms with van der Waals surface area (Å²) in [4.78, 5) is 13.1. The second-order valence-corrected chi connectivity index (χ2v) is 7.06. The molecule has 0 fully saturated rings. The lowest BCUT2D eigenvalue weighted by molar-refractivity contribution is -0.118. The molecule has 2 nitrogen and oxygen atoms in total. The fraction of sp³-hybridized carbons (Fsp3) is 0.316. The van der Waals surface area contributed by atoms with Crippen molar-refractivity contribution in [3.8, 4) is 5.75 Å². The first kappa shape index (κ1) is 17.9. The molecule has 122 valence electrons. The molecule has 0 atom stereocenters. The van der Waals surface area contributed by atoms with Crippen LogP contribution in [0.15, 0.2) is 53.4 Å². The van der Waals surface area contributed by atoms with Gasteiger partial charge in [-0.2, -0.15) is 0 Å². The van der Waals surface area contributed by atoms with Crippen molar-refractivity contribution in [1.29, 1.82) is 0 Å². The molecule has 0 radical (unpaired) electrons. The lowest BCUT2D eigenvalue weighted by atomic mass is 10.0. The molecule has 2 aromatic rings. The normalized spacial score (nSPS) is 10.7. The number of carbonyl (C=O) groups excluding carboxylic acids is 1. The summed E-state index contributed by atoms with van der Waals surface area (Å²) in [6, 6.07) is 14.9. The van der Waals surface area contributed by atoms with Gasteiger partial charge in [0.2, 0.25) is 0 Å². The Labute approximate surface area is 146 Å². The van der Waals surface area contributed by atoms with Gasteiger partial charge in [-0.05, 0) is 48.9 Å². The van der Waals surface area contributed by atoms with Crippen molar-refractivity contribution in [2.45, 2.75) is 37.0 Å². The van der Waals surface area contributed by atoms with Crippen LogP contribution in [0.1, 0.15) is 31.2 Å². The molecule has 0 aliphatic carbocycles. The summed E-state index contributed by atoms with van der Waals surface area (Å²) >= 11 is 7.67. The van der Waals surface area contributed by atoms with Crippen molar-refractivity contribution in [1.82, 2.24) is 0 Å². The van der Waals surface area contributed by atoms with E-state index in [2.05, 4.69) is 0 Å². The smallest absolute Gasteiger partial charge is 0.137 e. The van der Waals surface area contributed by atoms with Gasteiger partial charge >= 0.3 is 0 Å². The first-order valence-electron chi connectivity index (χ1n) is 7.82. The molecule has 0 aliphatic heterocycles. The molecule has 0 aromatic heterocycles. The van der Waals surface area contributed by atoms with E-state index in [4.69, 9.17) is 11.6 Å². The van der Waals surface area contributed by atoms with Crippen LogP contribution in [0.5, 0.6) is 5.75 Å². The molecule has 4 heteroatoms. The Morgan fingerprint density at radius 3 is 2.48 bits per heavy atom. The predicted molar refractivity (Wildman–Crippen MR) is 97.5 cm³/mol. The second-order valence-electron chi connectivity index (χ2n) is 5.46. The number of hydrogen-bond donors (Lipinski definition) is 1. The molecular formula is C19H21ClO2S. The molecule has 0 amide bonds. The quantitative estimate of drug-likeness (QED) is 0.479. The molecule has 0 bridgehead atoms. The minimum Gasteiger partial charge on any atom is -0.508 e. The number of unbranched alkanes of at least 4 members (excludes halogenated alkanes) is 2. The topological polar surface area (TPSA) is 37.3 Å². The molecule has 0 saturated carbocycles. The van der Waals surface area contributed by atoms with Crippen LogP contribution in [0.25, 0.3) is 0 Å². The van der Waals surface area contributed by atoms with E-state index < -0.39 is 0 Å². The average molecular weight is 349 g/mol. The molecule has 0 heterocycles. The third kappa shape index (κ3) is 6.67. The van der Waals surface area contributed by atoms with Crippen LogP contribution in [-0.2, 0) is 11.2 Å². The molecule has 2 aromatic carbocycles. The van der Waals surface area contributed by atoms with Crippen molar-refractivity contribution in [3.63, 3.8) is 0 Å². The summed E-state index contributed by atoms with van der Waals surface area (Å²) in [5, 5.41) is 10.4. The lowest BCUT2D eigenvalue weighted by Crippen LogP contribution is -2.02. The molecule has 23 heavy (non-hydrogen) atoms. The van der Waals surface area contributed by atoms with E-state index in [1.807, 2.05) is 42.1 Å². The minimum absolute atomic E-state index is 0.192. The predicted octanol–water partition coefficient (Wildman–Crippen LogP) is 5.51. The van der Waals surface area contributed by atoms with Crippen LogP contribution in [0.3, 0.4) is 0 Å². The van der Waals surface area contributed by atoms with Gasteiger partial charge in [0.15, 0.2) is 0 Å². The SMILES string of the molecule is O=C(CCCCCSc1ccc(Cl)cc1)Cc1ccccc1O. The van der Waals surface area contributed by atoms with E-state index >= 15 is 0 Å². The van der Waals surface area contributed by atoms with Gasteiger partial charge in [0.05, 0.1) is 0 Å². The summed E-state index contributed by atoms with van der Waals surface area (Å²) in [5.74, 6) is 1.45. The molecule has 0 spiro atoms. The largest absolute Gasteiger partial charge is 0.508 e. The maximum atomic E-state index is 11.9. The van der Waals surface area contributed by atoms with E-state index in [1.165, 1.54) is 4.90 Å². The number of phenolic OH excluding ortho intramolecular Hbond substituents is 1. The standard InChI is InChI=1S/C19H21ClO2S/c20-16-9-11-18(12-10-16)23-13-5-1-2-7-17(21)14-15-6-3-4-8-19(15)22/h3-4,6,8-12,22H,1-2,5,7,13-14H2. The molecule has 0 unspecified atom stereocenters. The fourth-order valence-electron chi connectivity index (χ4n) is 2.28. The summed E-state index contributed by atoms with van der Waals surface area (Å²) < 4.78 is 0. The Kier molecular flexibility index (Phi) is 7.50. The van der Waals surface area contributed by atoms with Crippen molar-refractivity contribution >= 4 is 29.1 Å². The van der Waals surface area contributed by atoms with Crippen molar-refractivity contribution in [2.24, 2.45) is 0 Å². The number of ketones is 1. The van der Waals surface area contributed by atoms with E-state index in [0.29, 0.717) is 12.8 Å². The van der Waals surface area contributed by atoms with Crippen LogP contribution in [0, 0.1) is 0 Å². The van der Waals surface area contributed by atoms with Crippen molar-refractivity contribution in [2.75, 3.05) is 5.75 Å². The molecule has 1 N–H and O–H groups in total. The van der Waals surface area contributed by atoms with E-state index in [1.54, 1.807) is 18.2 Å². The van der Waals surface area contributed by atoms with Crippen molar-refractivity contribution in [3.05, 3.63) is 59.1 Å². The Morgan fingerprint density at radius 2 is 1.74 bits per heavy atom. The highest BCUT2D eigenvalue weighted by Crippen LogP contribution is 2.22. The third-order valence-corrected chi connectivity index (χ3v) is 4.91. The molecule has 0 saturated heterocycles. The maximum absolute atomic E-state index is 11.9. The van der Waals surface area contributed by atoms with Crippen LogP contribution < -0.4 is 0 Å². The third-order valence-electron chi connectivity index (χ3n) is 3.56. The second kappa shape index (κ2) is 9.64. The monoisotopic (exact) mass is 348 g/mol. The first-order valence-corrected chi connectivity index (χ1v) is 9.18. The number of phenols is 1. The zero-order chi connectivity index (χ0) is 16.5. The maximum Gasteiger partial charge on any atom is 0.137 e. The summed E-state index contributed by atoms with van der Waals surface area (Å²) in [5.41, 5.74) is 0.718. The number of rotatable bonds is 9. The number of thioether (sulfide) groups is 1. The van der Waals surface area contributed by atoms with Crippen LogP contribution in [0.4, 0.5) is 0 Å². The van der Waals surface area contributed by atoms with Gasteiger partial charge < -0.3 is 5.11 Å². The van der Waals surface area contributed by atoms with Crippen molar-refractivity contribution < 1.29 is 9.90 Å². The van der Waals surface area contributed by atoms with Gasteiger partial charge in [0.1, 0.15) is 11.5 Å². The van der Waals surface area contributed by atoms with E-state index in [-0.39, 0.29) is 11.5 Å². The highest BCUT2D eigenvalue weighted by Gasteiger charge is 2.07. The molecular weight excluding hydrogens is 328 g/mol. The van der Waals surface area contributed by atoms with E-state index in [9.17, 15) is 9.90 Å². The van der Waals surface area contributed by atoms with Gasteiger partial charge in [-0.15, -0.1) is 11.8 Å². The Balaban J connectivity index is 1.57. The van der Waals surface area contributed by atoms with Crippen LogP contribution in [-0.4, -0.2) is 16.6 Å². The highest BCUT2D eigenvalue weighted by atomic mass is 35.5. The molecule has 2 rings (SSSR count). The molecule has 0 aliphatic rings. The average Bonchev–Trinajstić information content (AvgIpc) is 2.54. The summed E-state index contributed by atoms with van der Waals surface area (Å²) in [7, 11) is 0. The Morgan fingerprint density at radius 1 is 1.00 bits per heavy atom. The van der Waals surface area contributed by atoms with Crippen LogP contribution in [0.2, 0.25) is 5.02 Å². The number of aromatic hydroxyl groups is 1. The minimum atomic E-state index is 0.192. The first-order chi connectivity index (χ1) is 11.1. The van der Waals surface area contributed by atoms with E-state index in [0.717, 1.165) is 35.6 Å². The summed E-state index contributed by atoms with van der Waals surface area (Å²) in [6.07, 6.45) is 3.96. The van der Waals surface area contributed by atoms with Gasteiger partial charge in [-0.1, -0.05) is 36.2 Å². The van der Waals surface area contributed by atoms with Gasteiger partial charge in [-0.25, -0.2) is 0 Å². The van der Waals surface area contributed by atoms with Gasteiger partial charge in [-0.3, -0.25) is 4.79 Å². The highest BCUT2D eigenvalue weighted by molar-refractivity contribution is 7.99. The number of Topliss-reactive ketones (excluding diaryl/α,β-unsaturated/α-hetero) is 1.